The molecule has 0 atom stereocenters. The van der Waals surface area contributed by atoms with E-state index in [4.69, 9.17) is 0 Å². The predicted molar refractivity (Wildman–Crippen MR) is 59.8 cm³/mol. The summed E-state index contributed by atoms with van der Waals surface area (Å²) in [5, 5.41) is 7.49. The summed E-state index contributed by atoms with van der Waals surface area (Å²) in [6, 6.07) is 1.50. The van der Waals surface area contributed by atoms with Gasteiger partial charge in [-0.05, 0) is 38.3 Å². The first-order chi connectivity index (χ1) is 7.87. The number of hydrogen-bond acceptors (Lipinski definition) is 2. The third kappa shape index (κ3) is 2.42. The van der Waals surface area contributed by atoms with E-state index in [2.05, 4.69) is 10.2 Å². The molecule has 2 nitrogen and oxygen atoms in total. The summed E-state index contributed by atoms with van der Waals surface area (Å²) in [4.78, 5) is 0. The minimum Gasteiger partial charge on any atom is -0.170 e. The van der Waals surface area contributed by atoms with Crippen LogP contribution in [0.5, 0.6) is 0 Å². The van der Waals surface area contributed by atoms with Crippen LogP contribution in [-0.4, -0.2) is 16.4 Å². The summed E-state index contributed by atoms with van der Waals surface area (Å²) >= 11 is 0. The van der Waals surface area contributed by atoms with Crippen molar-refractivity contribution in [1.29, 1.82) is 0 Å². The third-order valence-corrected chi connectivity index (χ3v) is 2.91. The Morgan fingerprint density at radius 2 is 1.65 bits per heavy atom. The number of hydrogen-bond donors (Lipinski definition) is 0. The summed E-state index contributed by atoms with van der Waals surface area (Å²) in [5.74, 6) is 0. The van der Waals surface area contributed by atoms with Crippen LogP contribution >= 0.6 is 0 Å². The molecule has 1 fully saturated rings. The average Bonchev–Trinajstić information content (AvgIpc) is 3.05. The smallest absolute Gasteiger partial charge is 0.170 e. The van der Waals surface area contributed by atoms with E-state index < -0.39 is 11.6 Å². The second kappa shape index (κ2) is 4.63. The Morgan fingerprint density at radius 3 is 2.06 bits per heavy atom. The number of halogens is 3. The first kappa shape index (κ1) is 13.9. The molecule has 5 heteroatoms. The van der Waals surface area contributed by atoms with Crippen LogP contribution in [0.3, 0.4) is 0 Å². The Hall–Kier alpha value is -1.13. The van der Waals surface area contributed by atoms with Gasteiger partial charge in [0.05, 0.1) is 16.8 Å². The highest BCUT2D eigenvalue weighted by atomic mass is 19.4. The lowest BCUT2D eigenvalue weighted by atomic mass is 9.94. The third-order valence-electron chi connectivity index (χ3n) is 2.91. The molecule has 1 aliphatic rings. The molecule has 96 valence electrons. The summed E-state index contributed by atoms with van der Waals surface area (Å²) in [7, 11) is 0. The van der Waals surface area contributed by atoms with Crippen LogP contribution in [0.1, 0.15) is 43.6 Å². The van der Waals surface area contributed by atoms with Crippen molar-refractivity contribution in [1.82, 2.24) is 10.2 Å². The summed E-state index contributed by atoms with van der Waals surface area (Å²) in [5.41, 5.74) is -0.429. The van der Waals surface area contributed by atoms with E-state index >= 15 is 0 Å². The fourth-order valence-corrected chi connectivity index (χ4v) is 1.86. The molecule has 0 aliphatic heterocycles. The number of aryl methyl sites for hydroxylation is 2. The molecular formula is C12H17F3N2. The number of alkyl halides is 3. The van der Waals surface area contributed by atoms with Crippen LogP contribution in [0.4, 0.5) is 13.2 Å². The van der Waals surface area contributed by atoms with E-state index in [1.807, 2.05) is 13.8 Å². The van der Waals surface area contributed by atoms with Gasteiger partial charge in [0.1, 0.15) is 0 Å². The molecule has 17 heavy (non-hydrogen) atoms. The van der Waals surface area contributed by atoms with Crippen molar-refractivity contribution in [2.75, 3.05) is 0 Å². The first-order valence-electron chi connectivity index (χ1n) is 5.75. The Labute approximate surface area is 99.3 Å². The van der Waals surface area contributed by atoms with Crippen molar-refractivity contribution >= 4 is 0 Å². The van der Waals surface area contributed by atoms with Crippen molar-refractivity contribution in [2.45, 2.75) is 52.1 Å². The SMILES string of the molecule is CC.Cc1cc(C2(C(F)(F)F)CC2)c(C)nn1. The zero-order valence-electron chi connectivity index (χ0n) is 10.5. The second-order valence-corrected chi connectivity index (χ2v) is 4.06. The molecule has 0 spiro atoms. The van der Waals surface area contributed by atoms with Gasteiger partial charge < -0.3 is 0 Å². The highest BCUT2D eigenvalue weighted by Gasteiger charge is 2.64. The fourth-order valence-electron chi connectivity index (χ4n) is 1.86. The zero-order valence-corrected chi connectivity index (χ0v) is 10.5. The molecule has 1 aliphatic carbocycles. The van der Waals surface area contributed by atoms with Crippen molar-refractivity contribution in [3.8, 4) is 0 Å². The topological polar surface area (TPSA) is 25.8 Å². The maximum Gasteiger partial charge on any atom is 0.398 e. The van der Waals surface area contributed by atoms with Crippen LogP contribution in [0.2, 0.25) is 0 Å². The lowest BCUT2D eigenvalue weighted by molar-refractivity contribution is -0.160. The molecule has 1 aromatic heterocycles. The standard InChI is InChI=1S/C10H11F3N2.C2H6/c1-6-5-8(7(2)15-14-6)9(3-4-9)10(11,12)13;1-2/h5H,3-4H2,1-2H3;1-2H3. The summed E-state index contributed by atoms with van der Waals surface area (Å²) < 4.78 is 38.5. The molecule has 1 aromatic rings. The molecule has 2 rings (SSSR count). The van der Waals surface area contributed by atoms with E-state index in [1.165, 1.54) is 6.07 Å². The van der Waals surface area contributed by atoms with Gasteiger partial charge in [-0.3, -0.25) is 0 Å². The van der Waals surface area contributed by atoms with Crippen molar-refractivity contribution in [3.05, 3.63) is 23.0 Å². The average molecular weight is 246 g/mol. The monoisotopic (exact) mass is 246 g/mol. The Balaban J connectivity index is 0.000000686. The predicted octanol–water partition coefficient (Wildman–Crippen LogP) is 3.71. The van der Waals surface area contributed by atoms with Crippen molar-refractivity contribution in [3.63, 3.8) is 0 Å². The molecule has 1 saturated carbocycles. The van der Waals surface area contributed by atoms with Gasteiger partial charge in [0, 0.05) is 0 Å². The lowest BCUT2D eigenvalue weighted by Gasteiger charge is -2.20. The Morgan fingerprint density at radius 1 is 1.12 bits per heavy atom. The molecule has 0 N–H and O–H groups in total. The van der Waals surface area contributed by atoms with Gasteiger partial charge >= 0.3 is 6.18 Å². The highest BCUT2D eigenvalue weighted by molar-refractivity contribution is 5.36. The molecular weight excluding hydrogens is 229 g/mol. The maximum atomic E-state index is 12.8. The van der Waals surface area contributed by atoms with Gasteiger partial charge in [-0.2, -0.15) is 23.4 Å². The first-order valence-corrected chi connectivity index (χ1v) is 5.75. The molecule has 0 bridgehead atoms. The molecule has 0 aromatic carbocycles. The van der Waals surface area contributed by atoms with E-state index in [9.17, 15) is 13.2 Å². The number of aromatic nitrogens is 2. The molecule has 0 saturated heterocycles. The highest BCUT2D eigenvalue weighted by Crippen LogP contribution is 2.59. The van der Waals surface area contributed by atoms with Gasteiger partial charge in [0.15, 0.2) is 0 Å². The van der Waals surface area contributed by atoms with Gasteiger partial charge in [0.2, 0.25) is 0 Å². The number of rotatable bonds is 1. The van der Waals surface area contributed by atoms with E-state index in [0.29, 0.717) is 17.0 Å². The van der Waals surface area contributed by atoms with Gasteiger partial charge in [0.25, 0.3) is 0 Å². The van der Waals surface area contributed by atoms with E-state index in [1.54, 1.807) is 13.8 Å². The van der Waals surface area contributed by atoms with E-state index in [-0.39, 0.29) is 12.8 Å². The van der Waals surface area contributed by atoms with Crippen molar-refractivity contribution < 1.29 is 13.2 Å². The van der Waals surface area contributed by atoms with Crippen LogP contribution < -0.4 is 0 Å². The molecule has 0 radical (unpaired) electrons. The van der Waals surface area contributed by atoms with Gasteiger partial charge in [-0.15, -0.1) is 0 Å². The summed E-state index contributed by atoms with van der Waals surface area (Å²) in [6.07, 6.45) is -3.84. The van der Waals surface area contributed by atoms with Gasteiger partial charge in [-0.1, -0.05) is 13.8 Å². The second-order valence-electron chi connectivity index (χ2n) is 4.06. The quantitative estimate of drug-likeness (QED) is 0.754. The largest absolute Gasteiger partial charge is 0.398 e. The van der Waals surface area contributed by atoms with Gasteiger partial charge in [-0.25, -0.2) is 0 Å². The normalized spacial score (nSPS) is 17.1. The van der Waals surface area contributed by atoms with Crippen LogP contribution in [0.25, 0.3) is 0 Å². The fraction of sp³-hybridized carbons (Fsp3) is 0.667. The van der Waals surface area contributed by atoms with Crippen LogP contribution in [0, 0.1) is 13.8 Å². The molecule has 0 unspecified atom stereocenters. The minimum atomic E-state index is -4.17. The minimum absolute atomic E-state index is 0.169. The molecule has 0 amide bonds. The zero-order chi connectivity index (χ0) is 13.3. The van der Waals surface area contributed by atoms with Crippen molar-refractivity contribution in [2.24, 2.45) is 0 Å². The Bertz CT molecular complexity index is 395. The Kier molecular flexibility index (Phi) is 3.79. The lowest BCUT2D eigenvalue weighted by Crippen LogP contribution is -2.30. The summed E-state index contributed by atoms with van der Waals surface area (Å²) in [6.45, 7) is 7.23. The molecule has 1 heterocycles. The van der Waals surface area contributed by atoms with Crippen LogP contribution in [-0.2, 0) is 5.41 Å². The van der Waals surface area contributed by atoms with E-state index in [0.717, 1.165) is 0 Å². The maximum absolute atomic E-state index is 12.8. The number of nitrogens with zero attached hydrogens (tertiary/aromatic N) is 2. The van der Waals surface area contributed by atoms with Crippen LogP contribution in [0.15, 0.2) is 6.07 Å².